The topological polar surface area (TPSA) is 85.3 Å². The van der Waals surface area contributed by atoms with Gasteiger partial charge in [-0.3, -0.25) is 9.59 Å². The summed E-state index contributed by atoms with van der Waals surface area (Å²) < 4.78 is 16.4. The Morgan fingerprint density at radius 1 is 1.13 bits per heavy atom. The highest BCUT2D eigenvalue weighted by atomic mass is 16.5. The number of aliphatic hydroxyl groups excluding tert-OH is 1. The fourth-order valence-corrected chi connectivity index (χ4v) is 4.22. The second kappa shape index (κ2) is 8.81. The maximum atomic E-state index is 13.1. The van der Waals surface area contributed by atoms with Gasteiger partial charge in [-0.15, -0.1) is 0 Å². The molecular formula is C24H25NO6. The van der Waals surface area contributed by atoms with Crippen molar-refractivity contribution >= 4 is 17.4 Å². The van der Waals surface area contributed by atoms with Crippen LogP contribution in [0.2, 0.25) is 0 Å². The molecule has 2 aromatic rings. The van der Waals surface area contributed by atoms with Crippen LogP contribution in [-0.2, 0) is 14.3 Å². The summed E-state index contributed by atoms with van der Waals surface area (Å²) >= 11 is 0. The van der Waals surface area contributed by atoms with Crippen LogP contribution in [0.3, 0.4) is 0 Å². The maximum Gasteiger partial charge on any atom is 0.295 e. The van der Waals surface area contributed by atoms with E-state index < -0.39 is 17.7 Å². The second-order valence-electron chi connectivity index (χ2n) is 7.56. The zero-order valence-corrected chi connectivity index (χ0v) is 17.5. The van der Waals surface area contributed by atoms with E-state index >= 15 is 0 Å². The Balaban J connectivity index is 1.86. The first-order valence-electron chi connectivity index (χ1n) is 10.2. The van der Waals surface area contributed by atoms with E-state index in [1.807, 2.05) is 6.07 Å². The Bertz CT molecular complexity index is 1020. The third-order valence-electron chi connectivity index (χ3n) is 5.74. The smallest absolute Gasteiger partial charge is 0.295 e. The molecule has 31 heavy (non-hydrogen) atoms. The Morgan fingerprint density at radius 2 is 1.94 bits per heavy atom. The molecule has 2 fully saturated rings. The van der Waals surface area contributed by atoms with Gasteiger partial charge in [0.1, 0.15) is 17.3 Å². The molecule has 7 nitrogen and oxygen atoms in total. The van der Waals surface area contributed by atoms with Crippen LogP contribution >= 0.6 is 0 Å². The van der Waals surface area contributed by atoms with E-state index in [1.165, 1.54) is 12.0 Å². The molecule has 2 unspecified atom stereocenters. The molecule has 0 spiro atoms. The van der Waals surface area contributed by atoms with Crippen molar-refractivity contribution in [1.29, 1.82) is 0 Å². The summed E-state index contributed by atoms with van der Waals surface area (Å²) in [4.78, 5) is 27.7. The van der Waals surface area contributed by atoms with Gasteiger partial charge in [0.25, 0.3) is 11.7 Å². The zero-order valence-electron chi connectivity index (χ0n) is 17.5. The number of ketones is 1. The summed E-state index contributed by atoms with van der Waals surface area (Å²) in [5, 5.41) is 11.2. The molecule has 162 valence electrons. The number of ether oxygens (including phenoxy) is 3. The minimum absolute atomic E-state index is 0.0285. The molecule has 7 heteroatoms. The summed E-state index contributed by atoms with van der Waals surface area (Å²) in [5.74, 6) is -0.639. The van der Waals surface area contributed by atoms with E-state index in [1.54, 1.807) is 49.6 Å². The first-order valence-corrected chi connectivity index (χ1v) is 10.2. The lowest BCUT2D eigenvalue weighted by atomic mass is 9.94. The highest BCUT2D eigenvalue weighted by Crippen LogP contribution is 2.42. The molecular weight excluding hydrogens is 398 g/mol. The minimum Gasteiger partial charge on any atom is -0.507 e. The van der Waals surface area contributed by atoms with Gasteiger partial charge in [0.2, 0.25) is 0 Å². The van der Waals surface area contributed by atoms with Crippen LogP contribution < -0.4 is 9.47 Å². The molecule has 2 aromatic carbocycles. The summed E-state index contributed by atoms with van der Waals surface area (Å²) in [7, 11) is 3.04. The molecule has 1 amide bonds. The molecule has 2 atom stereocenters. The first kappa shape index (κ1) is 20.9. The highest BCUT2D eigenvalue weighted by molar-refractivity contribution is 6.46. The van der Waals surface area contributed by atoms with Crippen molar-refractivity contribution < 1.29 is 28.9 Å². The van der Waals surface area contributed by atoms with Crippen molar-refractivity contribution in [2.45, 2.75) is 25.0 Å². The van der Waals surface area contributed by atoms with Gasteiger partial charge in [0.15, 0.2) is 0 Å². The number of methoxy groups -OCH3 is 2. The monoisotopic (exact) mass is 423 g/mol. The van der Waals surface area contributed by atoms with E-state index in [-0.39, 0.29) is 24.0 Å². The predicted molar refractivity (Wildman–Crippen MR) is 114 cm³/mol. The SMILES string of the molecule is COc1cccc(C2/C(=C(/O)c3ccccc3OC)C(=O)C(=O)N2CC2CCCO2)c1. The van der Waals surface area contributed by atoms with E-state index in [4.69, 9.17) is 14.2 Å². The third kappa shape index (κ3) is 3.88. The number of nitrogens with zero attached hydrogens (tertiary/aromatic N) is 1. The average Bonchev–Trinajstić information content (AvgIpc) is 3.41. The van der Waals surface area contributed by atoms with Gasteiger partial charge in [-0.05, 0) is 42.7 Å². The number of carbonyl (C=O) groups is 2. The predicted octanol–water partition coefficient (Wildman–Crippen LogP) is 3.30. The van der Waals surface area contributed by atoms with Crippen LogP contribution in [0.4, 0.5) is 0 Å². The van der Waals surface area contributed by atoms with Gasteiger partial charge in [-0.1, -0.05) is 24.3 Å². The number of hydrogen-bond acceptors (Lipinski definition) is 6. The molecule has 4 rings (SSSR count). The van der Waals surface area contributed by atoms with Gasteiger partial charge in [-0.25, -0.2) is 0 Å². The number of benzene rings is 2. The number of likely N-dealkylation sites (tertiary alicyclic amines) is 1. The third-order valence-corrected chi connectivity index (χ3v) is 5.74. The van der Waals surface area contributed by atoms with E-state index in [0.717, 1.165) is 12.8 Å². The Kier molecular flexibility index (Phi) is 5.95. The van der Waals surface area contributed by atoms with Crippen molar-refractivity contribution in [3.05, 3.63) is 65.2 Å². The van der Waals surface area contributed by atoms with Gasteiger partial charge in [0, 0.05) is 13.2 Å². The Labute approximate surface area is 180 Å². The van der Waals surface area contributed by atoms with Crippen molar-refractivity contribution in [2.24, 2.45) is 0 Å². The molecule has 2 aliphatic rings. The molecule has 0 saturated carbocycles. The van der Waals surface area contributed by atoms with Gasteiger partial charge < -0.3 is 24.2 Å². The lowest BCUT2D eigenvalue weighted by Crippen LogP contribution is -2.36. The fourth-order valence-electron chi connectivity index (χ4n) is 4.22. The summed E-state index contributed by atoms with van der Waals surface area (Å²) in [5.41, 5.74) is 1.06. The number of hydrogen-bond donors (Lipinski definition) is 1. The minimum atomic E-state index is -0.760. The number of amides is 1. The standard InChI is InChI=1S/C24H25NO6/c1-29-16-8-5-7-15(13-16)21-20(22(26)18-10-3-4-11-19(18)30-2)23(27)24(28)25(21)14-17-9-6-12-31-17/h3-5,7-8,10-11,13,17,21,26H,6,9,12,14H2,1-2H3/b22-20-. The van der Waals surface area contributed by atoms with Crippen LogP contribution in [0, 0.1) is 0 Å². The van der Waals surface area contributed by atoms with E-state index in [9.17, 15) is 14.7 Å². The number of aliphatic hydroxyl groups is 1. The largest absolute Gasteiger partial charge is 0.507 e. The van der Waals surface area contributed by atoms with Crippen molar-refractivity contribution in [2.75, 3.05) is 27.4 Å². The molecule has 2 heterocycles. The normalized spacial score (nSPS) is 22.7. The average molecular weight is 423 g/mol. The zero-order chi connectivity index (χ0) is 22.0. The molecule has 0 aromatic heterocycles. The molecule has 2 aliphatic heterocycles. The number of rotatable bonds is 6. The van der Waals surface area contributed by atoms with Crippen molar-refractivity contribution in [3.8, 4) is 11.5 Å². The van der Waals surface area contributed by atoms with E-state index in [0.29, 0.717) is 29.2 Å². The summed E-state index contributed by atoms with van der Waals surface area (Å²) in [6, 6.07) is 13.3. The van der Waals surface area contributed by atoms with Crippen molar-refractivity contribution in [3.63, 3.8) is 0 Å². The van der Waals surface area contributed by atoms with Gasteiger partial charge in [-0.2, -0.15) is 0 Å². The number of para-hydroxylation sites is 1. The van der Waals surface area contributed by atoms with Crippen LogP contribution in [0.5, 0.6) is 11.5 Å². The maximum absolute atomic E-state index is 13.1. The molecule has 0 bridgehead atoms. The summed E-state index contributed by atoms with van der Waals surface area (Å²) in [6.07, 6.45) is 1.59. The van der Waals surface area contributed by atoms with Gasteiger partial charge >= 0.3 is 0 Å². The molecule has 0 radical (unpaired) electrons. The summed E-state index contributed by atoms with van der Waals surface area (Å²) in [6.45, 7) is 0.911. The Hall–Kier alpha value is -3.32. The molecule has 1 N–H and O–H groups in total. The first-order chi connectivity index (χ1) is 15.0. The van der Waals surface area contributed by atoms with E-state index in [2.05, 4.69) is 0 Å². The van der Waals surface area contributed by atoms with Gasteiger partial charge in [0.05, 0.1) is 37.5 Å². The Morgan fingerprint density at radius 3 is 2.65 bits per heavy atom. The number of carbonyl (C=O) groups excluding carboxylic acids is 2. The van der Waals surface area contributed by atoms with Crippen molar-refractivity contribution in [1.82, 2.24) is 4.90 Å². The quantitative estimate of drug-likeness (QED) is 0.436. The van der Waals surface area contributed by atoms with Crippen LogP contribution in [0.1, 0.15) is 30.0 Å². The van der Waals surface area contributed by atoms with Crippen LogP contribution in [-0.4, -0.2) is 55.2 Å². The highest BCUT2D eigenvalue weighted by Gasteiger charge is 2.47. The number of Topliss-reactive ketones (excluding diaryl/α,β-unsaturated/α-hetero) is 1. The van der Waals surface area contributed by atoms with Crippen LogP contribution in [0.15, 0.2) is 54.1 Å². The molecule has 0 aliphatic carbocycles. The second-order valence-corrected chi connectivity index (χ2v) is 7.56. The lowest BCUT2D eigenvalue weighted by molar-refractivity contribution is -0.140. The lowest BCUT2D eigenvalue weighted by Gasteiger charge is -2.27. The van der Waals surface area contributed by atoms with Crippen LogP contribution in [0.25, 0.3) is 5.76 Å². The fraction of sp³-hybridized carbons (Fsp3) is 0.333. The molecule has 2 saturated heterocycles.